The number of nitrogens with zero attached hydrogens (tertiary/aromatic N) is 3. The molecule has 0 saturated carbocycles. The van der Waals surface area contributed by atoms with Crippen LogP contribution in [0.1, 0.15) is 21.6 Å². The number of fused-ring (bicyclic) bond motifs is 5. The maximum absolute atomic E-state index is 12.2. The van der Waals surface area contributed by atoms with Crippen LogP contribution in [0.15, 0.2) is 29.2 Å². The number of hydrogen-bond donors (Lipinski definition) is 2. The van der Waals surface area contributed by atoms with Crippen LogP contribution in [0.4, 0.5) is 0 Å². The predicted octanol–water partition coefficient (Wildman–Crippen LogP) is -0.0571. The second-order valence-electron chi connectivity index (χ2n) is 5.37. The number of imidazole rings is 1. The fraction of sp³-hybridized carbons (Fsp3) is 0.0625. The summed E-state index contributed by atoms with van der Waals surface area (Å²) in [6, 6.07) is 5.14. The van der Waals surface area contributed by atoms with Gasteiger partial charge in [0.1, 0.15) is 0 Å². The van der Waals surface area contributed by atoms with Crippen molar-refractivity contribution in [2.24, 2.45) is 0 Å². The fourth-order valence-corrected chi connectivity index (χ4v) is 2.92. The van der Waals surface area contributed by atoms with E-state index in [1.54, 1.807) is 24.3 Å². The van der Waals surface area contributed by atoms with Gasteiger partial charge in [0.2, 0.25) is 5.65 Å². The largest absolute Gasteiger partial charge is 0.481 e. The van der Waals surface area contributed by atoms with Crippen molar-refractivity contribution in [2.75, 3.05) is 0 Å². The number of hydrogen-bond acceptors (Lipinski definition) is 5. The average molecular weight is 323 g/mol. The van der Waals surface area contributed by atoms with Gasteiger partial charge in [-0.15, -0.1) is 0 Å². The van der Waals surface area contributed by atoms with Crippen LogP contribution in [0.25, 0.3) is 23.0 Å². The Hall–Kier alpha value is -3.55. The molecule has 8 nitrogen and oxygen atoms in total. The predicted molar refractivity (Wildman–Crippen MR) is 81.8 cm³/mol. The Morgan fingerprint density at radius 1 is 1.17 bits per heavy atom. The first-order valence-electron chi connectivity index (χ1n) is 6.98. The minimum Gasteiger partial charge on any atom is -0.481 e. The molecule has 0 saturated heterocycles. The van der Waals surface area contributed by atoms with Gasteiger partial charge in [0.25, 0.3) is 0 Å². The lowest BCUT2D eigenvalue weighted by Gasteiger charge is -2.05. The van der Waals surface area contributed by atoms with Crippen LogP contribution in [0, 0.1) is 0 Å². The molecule has 0 atom stereocenters. The van der Waals surface area contributed by atoms with E-state index < -0.39 is 17.5 Å². The molecule has 0 fully saturated rings. The van der Waals surface area contributed by atoms with E-state index in [9.17, 15) is 14.4 Å². The molecule has 2 aromatic heterocycles. The zero-order valence-corrected chi connectivity index (χ0v) is 12.1. The van der Waals surface area contributed by atoms with Crippen molar-refractivity contribution in [3.8, 4) is 11.3 Å². The molecule has 8 heteroatoms. The third-order valence-electron chi connectivity index (χ3n) is 3.91. The quantitative estimate of drug-likeness (QED) is 0.541. The van der Waals surface area contributed by atoms with E-state index in [2.05, 4.69) is 9.97 Å². The zero-order valence-electron chi connectivity index (χ0n) is 12.1. The summed E-state index contributed by atoms with van der Waals surface area (Å²) in [5.41, 5.74) is 1.34. The van der Waals surface area contributed by atoms with Crippen LogP contribution in [0.3, 0.4) is 0 Å². The van der Waals surface area contributed by atoms with Crippen LogP contribution in [-0.2, 0) is 11.2 Å². The van der Waals surface area contributed by atoms with Gasteiger partial charge in [-0.25, -0.2) is 14.8 Å². The highest BCUT2D eigenvalue weighted by molar-refractivity contribution is 5.87. The number of carboxylic acids is 2. The molecule has 0 radical (unpaired) electrons. The smallest absolute Gasteiger partial charge is 0.356 e. The molecule has 4 rings (SSSR count). The molecule has 3 aromatic rings. The maximum atomic E-state index is 12.2. The van der Waals surface area contributed by atoms with Gasteiger partial charge in [-0.1, -0.05) is 18.2 Å². The Morgan fingerprint density at radius 2 is 1.96 bits per heavy atom. The normalized spacial score (nSPS) is 11.8. The van der Waals surface area contributed by atoms with Gasteiger partial charge in [-0.3, -0.25) is 14.0 Å². The number of rotatable bonds is 3. The standard InChI is InChI=1S/C16H9N3O5/c20-12(21)4-7-2-1-3-8-9(7)5-11-13(8)18-15(22)14-17-10(16(23)24)6-19(11)14/h1-3,5-6H,4H2,(H,20,21)(H,23,24). The van der Waals surface area contributed by atoms with E-state index >= 15 is 0 Å². The first-order chi connectivity index (χ1) is 11.5. The first kappa shape index (κ1) is 14.1. The number of aliphatic carboxylic acids is 1. The summed E-state index contributed by atoms with van der Waals surface area (Å²) >= 11 is 0. The molecule has 0 unspecified atom stereocenters. The SMILES string of the molecule is O=C(O)Cc1cccc2c1C=c1c-2nc(=O)c2nc(C(=O)O)cn12. The molecular weight excluding hydrogens is 314 g/mol. The van der Waals surface area contributed by atoms with E-state index in [4.69, 9.17) is 10.2 Å². The van der Waals surface area contributed by atoms with Crippen molar-refractivity contribution in [1.82, 2.24) is 14.4 Å². The number of carboxylic acid groups (broad SMARTS) is 2. The number of aromatic nitrogens is 3. The summed E-state index contributed by atoms with van der Waals surface area (Å²) in [6.45, 7) is 0. The molecule has 2 heterocycles. The summed E-state index contributed by atoms with van der Waals surface area (Å²) in [4.78, 5) is 42.1. The molecule has 2 N–H and O–H groups in total. The van der Waals surface area contributed by atoms with Crippen LogP contribution < -0.4 is 10.9 Å². The Kier molecular flexibility index (Phi) is 2.77. The van der Waals surface area contributed by atoms with Crippen LogP contribution in [0.5, 0.6) is 0 Å². The van der Waals surface area contributed by atoms with E-state index in [1.165, 1.54) is 10.6 Å². The molecule has 1 aliphatic carbocycles. The third-order valence-corrected chi connectivity index (χ3v) is 3.91. The van der Waals surface area contributed by atoms with Gasteiger partial charge < -0.3 is 10.2 Å². The second-order valence-corrected chi connectivity index (χ2v) is 5.37. The van der Waals surface area contributed by atoms with E-state index in [0.717, 1.165) is 0 Å². The van der Waals surface area contributed by atoms with Crippen LogP contribution >= 0.6 is 0 Å². The Bertz CT molecular complexity index is 1160. The number of aromatic carboxylic acids is 1. The Morgan fingerprint density at radius 3 is 2.67 bits per heavy atom. The third kappa shape index (κ3) is 1.89. The van der Waals surface area contributed by atoms with Crippen molar-refractivity contribution in [1.29, 1.82) is 0 Å². The van der Waals surface area contributed by atoms with E-state index in [1.807, 2.05) is 0 Å². The van der Waals surface area contributed by atoms with Crippen molar-refractivity contribution >= 4 is 23.7 Å². The summed E-state index contributed by atoms with van der Waals surface area (Å²) in [5, 5.41) is 18.6. The minimum atomic E-state index is -1.24. The summed E-state index contributed by atoms with van der Waals surface area (Å²) < 4.78 is 1.39. The van der Waals surface area contributed by atoms with Crippen molar-refractivity contribution in [3.63, 3.8) is 0 Å². The molecule has 0 bridgehead atoms. The molecule has 1 aliphatic rings. The maximum Gasteiger partial charge on any atom is 0.356 e. The summed E-state index contributed by atoms with van der Waals surface area (Å²) in [7, 11) is 0. The zero-order chi connectivity index (χ0) is 17.0. The van der Waals surface area contributed by atoms with Gasteiger partial charge in [0.15, 0.2) is 5.69 Å². The molecule has 0 aliphatic heterocycles. The van der Waals surface area contributed by atoms with Gasteiger partial charge in [0, 0.05) is 11.8 Å². The summed E-state index contributed by atoms with van der Waals surface area (Å²) in [6.07, 6.45) is 2.81. The van der Waals surface area contributed by atoms with Gasteiger partial charge in [-0.2, -0.15) is 0 Å². The van der Waals surface area contributed by atoms with Crippen LogP contribution in [-0.4, -0.2) is 36.5 Å². The second kappa shape index (κ2) is 4.72. The van der Waals surface area contributed by atoms with E-state index in [0.29, 0.717) is 27.7 Å². The molecule has 24 heavy (non-hydrogen) atoms. The minimum absolute atomic E-state index is 0.0741. The van der Waals surface area contributed by atoms with Gasteiger partial charge in [-0.05, 0) is 17.2 Å². The Labute approximate surface area is 133 Å². The van der Waals surface area contributed by atoms with E-state index in [-0.39, 0.29) is 17.8 Å². The molecule has 1 aromatic carbocycles. The van der Waals surface area contributed by atoms with Crippen molar-refractivity contribution in [2.45, 2.75) is 6.42 Å². The monoisotopic (exact) mass is 323 g/mol. The fourth-order valence-electron chi connectivity index (χ4n) is 2.92. The number of benzene rings is 1. The number of carbonyl (C=O) groups is 2. The highest BCUT2D eigenvalue weighted by atomic mass is 16.4. The molecule has 118 valence electrons. The molecular formula is C16H9N3O5. The lowest BCUT2D eigenvalue weighted by atomic mass is 10.0. The average Bonchev–Trinajstić information content (AvgIpc) is 3.10. The molecule has 0 spiro atoms. The highest BCUT2D eigenvalue weighted by Gasteiger charge is 2.22. The van der Waals surface area contributed by atoms with Gasteiger partial charge in [0.05, 0.1) is 17.5 Å². The van der Waals surface area contributed by atoms with Gasteiger partial charge >= 0.3 is 17.5 Å². The lowest BCUT2D eigenvalue weighted by molar-refractivity contribution is -0.136. The molecule has 0 amide bonds. The summed E-state index contributed by atoms with van der Waals surface area (Å²) in [5.74, 6) is -2.21. The highest BCUT2D eigenvalue weighted by Crippen LogP contribution is 2.28. The van der Waals surface area contributed by atoms with Crippen molar-refractivity contribution in [3.05, 3.63) is 56.9 Å². The van der Waals surface area contributed by atoms with Crippen LogP contribution in [0.2, 0.25) is 0 Å². The first-order valence-corrected chi connectivity index (χ1v) is 6.98. The Balaban J connectivity index is 2.06. The lowest BCUT2D eigenvalue weighted by Crippen LogP contribution is -2.23. The van der Waals surface area contributed by atoms with Crippen molar-refractivity contribution < 1.29 is 19.8 Å². The topological polar surface area (TPSA) is 122 Å².